The van der Waals surface area contributed by atoms with Gasteiger partial charge in [-0.25, -0.2) is 0 Å². The van der Waals surface area contributed by atoms with Crippen LogP contribution in [-0.4, -0.2) is 32.3 Å². The molecule has 0 unspecified atom stereocenters. The maximum atomic E-state index is 5.41. The molecule has 0 bridgehead atoms. The van der Waals surface area contributed by atoms with E-state index in [2.05, 4.69) is 6.92 Å². The van der Waals surface area contributed by atoms with Crippen molar-refractivity contribution in [3.05, 3.63) is 0 Å². The summed E-state index contributed by atoms with van der Waals surface area (Å²) < 4.78 is 5.41. The van der Waals surface area contributed by atoms with Crippen LogP contribution in [0.1, 0.15) is 39.0 Å². The molecule has 2 fully saturated rings. The Kier molecular flexibility index (Phi) is 3.82. The second-order valence-corrected chi connectivity index (χ2v) is 4.90. The fourth-order valence-corrected chi connectivity index (χ4v) is 3.02. The van der Waals surface area contributed by atoms with E-state index in [1.165, 1.54) is 45.2 Å². The molecule has 2 aliphatic rings. The van der Waals surface area contributed by atoms with Crippen molar-refractivity contribution < 1.29 is 9.64 Å². The van der Waals surface area contributed by atoms with Crippen molar-refractivity contribution in [2.24, 2.45) is 5.92 Å². The van der Waals surface area contributed by atoms with E-state index in [9.17, 15) is 0 Å². The van der Waals surface area contributed by atoms with Gasteiger partial charge in [-0.1, -0.05) is 13.3 Å². The molecule has 2 heteroatoms. The predicted octanol–water partition coefficient (Wildman–Crippen LogP) is 0.870. The molecule has 0 aromatic carbocycles. The molecule has 0 spiro atoms. The molecular weight excluding hydrogens is 174 g/mol. The van der Waals surface area contributed by atoms with Gasteiger partial charge >= 0.3 is 0 Å². The molecule has 0 amide bonds. The molecule has 82 valence electrons. The largest absolute Gasteiger partial charge is 0.370 e. The molecule has 1 saturated heterocycles. The number of hydrogen-bond acceptors (Lipinski definition) is 1. The van der Waals surface area contributed by atoms with Crippen LogP contribution in [0.2, 0.25) is 0 Å². The lowest BCUT2D eigenvalue weighted by molar-refractivity contribution is -0.934. The van der Waals surface area contributed by atoms with Gasteiger partial charge < -0.3 is 9.64 Å². The smallest absolute Gasteiger partial charge is 0.101 e. The Morgan fingerprint density at radius 3 is 2.29 bits per heavy atom. The van der Waals surface area contributed by atoms with Crippen LogP contribution in [0.25, 0.3) is 0 Å². The summed E-state index contributed by atoms with van der Waals surface area (Å²) in [6.45, 7) is 6.82. The summed E-state index contributed by atoms with van der Waals surface area (Å²) in [5, 5.41) is 0. The molecule has 1 aliphatic heterocycles. The van der Waals surface area contributed by atoms with Gasteiger partial charge in [-0.15, -0.1) is 0 Å². The molecule has 14 heavy (non-hydrogen) atoms. The number of morpholine rings is 1. The van der Waals surface area contributed by atoms with E-state index in [4.69, 9.17) is 4.74 Å². The molecule has 0 aromatic heterocycles. The minimum absolute atomic E-state index is 0.960. The Morgan fingerprint density at radius 2 is 1.71 bits per heavy atom. The number of nitrogens with one attached hydrogen (secondary N) is 1. The van der Waals surface area contributed by atoms with Crippen molar-refractivity contribution in [2.75, 3.05) is 26.3 Å². The third kappa shape index (κ3) is 2.48. The van der Waals surface area contributed by atoms with E-state index in [0.29, 0.717) is 0 Å². The minimum Gasteiger partial charge on any atom is -0.370 e. The fraction of sp³-hybridized carbons (Fsp3) is 1.00. The van der Waals surface area contributed by atoms with Crippen LogP contribution < -0.4 is 4.90 Å². The lowest BCUT2D eigenvalue weighted by Gasteiger charge is -2.35. The molecule has 2 rings (SSSR count). The van der Waals surface area contributed by atoms with E-state index in [1.54, 1.807) is 0 Å². The first-order valence-corrected chi connectivity index (χ1v) is 6.32. The van der Waals surface area contributed by atoms with Crippen molar-refractivity contribution in [1.82, 2.24) is 0 Å². The summed E-state index contributed by atoms with van der Waals surface area (Å²) in [6.07, 6.45) is 7.28. The number of hydrogen-bond donors (Lipinski definition) is 1. The Bertz CT molecular complexity index is 158. The van der Waals surface area contributed by atoms with Gasteiger partial charge in [-0.2, -0.15) is 0 Å². The highest BCUT2D eigenvalue weighted by molar-refractivity contribution is 4.71. The van der Waals surface area contributed by atoms with Crippen molar-refractivity contribution in [3.63, 3.8) is 0 Å². The molecule has 1 aliphatic carbocycles. The summed E-state index contributed by atoms with van der Waals surface area (Å²) >= 11 is 0. The SMILES string of the molecule is CCC1CCC([NH+]2CCOCC2)CC1. The van der Waals surface area contributed by atoms with E-state index < -0.39 is 0 Å². The molecular formula is C12H24NO+. The number of quaternary nitrogens is 1. The van der Waals surface area contributed by atoms with Crippen molar-refractivity contribution in [3.8, 4) is 0 Å². The van der Waals surface area contributed by atoms with Crippen LogP contribution in [0.15, 0.2) is 0 Å². The molecule has 0 radical (unpaired) electrons. The van der Waals surface area contributed by atoms with Crippen LogP contribution >= 0.6 is 0 Å². The third-order valence-corrected chi connectivity index (χ3v) is 4.14. The Balaban J connectivity index is 1.76. The summed E-state index contributed by atoms with van der Waals surface area (Å²) in [5.74, 6) is 1.03. The van der Waals surface area contributed by atoms with Gasteiger partial charge in [0.05, 0.1) is 19.3 Å². The minimum atomic E-state index is 0.960. The van der Waals surface area contributed by atoms with Crippen LogP contribution in [0, 0.1) is 5.92 Å². The average Bonchev–Trinajstić information content (AvgIpc) is 2.30. The van der Waals surface area contributed by atoms with E-state index in [1.807, 2.05) is 4.90 Å². The van der Waals surface area contributed by atoms with Gasteiger partial charge in [0, 0.05) is 0 Å². The normalized spacial score (nSPS) is 35.8. The molecule has 2 nitrogen and oxygen atoms in total. The lowest BCUT2D eigenvalue weighted by Crippen LogP contribution is -3.17. The first-order valence-electron chi connectivity index (χ1n) is 6.32. The fourth-order valence-electron chi connectivity index (χ4n) is 3.02. The molecule has 0 aromatic rings. The second kappa shape index (κ2) is 5.13. The van der Waals surface area contributed by atoms with Gasteiger partial charge in [0.2, 0.25) is 0 Å². The molecule has 1 heterocycles. The number of ether oxygens (including phenoxy) is 1. The van der Waals surface area contributed by atoms with Gasteiger partial charge in [0.25, 0.3) is 0 Å². The zero-order chi connectivity index (χ0) is 9.80. The summed E-state index contributed by atoms with van der Waals surface area (Å²) in [5.41, 5.74) is 0. The Morgan fingerprint density at radius 1 is 1.07 bits per heavy atom. The van der Waals surface area contributed by atoms with Gasteiger partial charge in [-0.3, -0.25) is 0 Å². The van der Waals surface area contributed by atoms with Gasteiger partial charge in [0.15, 0.2) is 0 Å². The Labute approximate surface area is 87.6 Å². The third-order valence-electron chi connectivity index (χ3n) is 4.14. The lowest BCUT2D eigenvalue weighted by atomic mass is 9.84. The summed E-state index contributed by atoms with van der Waals surface area (Å²) in [4.78, 5) is 1.82. The highest BCUT2D eigenvalue weighted by Gasteiger charge is 2.28. The highest BCUT2D eigenvalue weighted by atomic mass is 16.5. The van der Waals surface area contributed by atoms with E-state index in [-0.39, 0.29) is 0 Å². The molecule has 0 atom stereocenters. The predicted molar refractivity (Wildman–Crippen MR) is 57.6 cm³/mol. The Hall–Kier alpha value is -0.0800. The van der Waals surface area contributed by atoms with E-state index >= 15 is 0 Å². The first kappa shape index (κ1) is 10.4. The summed E-state index contributed by atoms with van der Waals surface area (Å²) in [7, 11) is 0. The van der Waals surface area contributed by atoms with Crippen LogP contribution in [0.5, 0.6) is 0 Å². The van der Waals surface area contributed by atoms with Crippen molar-refractivity contribution in [1.29, 1.82) is 0 Å². The maximum absolute atomic E-state index is 5.41. The molecule has 1 N–H and O–H groups in total. The maximum Gasteiger partial charge on any atom is 0.101 e. The zero-order valence-electron chi connectivity index (χ0n) is 9.43. The van der Waals surface area contributed by atoms with Crippen LogP contribution in [-0.2, 0) is 4.74 Å². The standard InChI is InChI=1S/C12H23NO/c1-2-11-3-5-12(6-4-11)13-7-9-14-10-8-13/h11-12H,2-10H2,1H3/p+1. The van der Waals surface area contributed by atoms with Crippen LogP contribution in [0.3, 0.4) is 0 Å². The zero-order valence-corrected chi connectivity index (χ0v) is 9.43. The van der Waals surface area contributed by atoms with Crippen molar-refractivity contribution >= 4 is 0 Å². The quantitative estimate of drug-likeness (QED) is 0.695. The monoisotopic (exact) mass is 198 g/mol. The van der Waals surface area contributed by atoms with E-state index in [0.717, 1.165) is 25.2 Å². The molecule has 1 saturated carbocycles. The van der Waals surface area contributed by atoms with Crippen LogP contribution in [0.4, 0.5) is 0 Å². The summed E-state index contributed by atoms with van der Waals surface area (Å²) in [6, 6.07) is 0.960. The number of rotatable bonds is 2. The highest BCUT2D eigenvalue weighted by Crippen LogP contribution is 2.25. The first-order chi connectivity index (χ1) is 6.90. The van der Waals surface area contributed by atoms with Gasteiger partial charge in [0.1, 0.15) is 13.1 Å². The topological polar surface area (TPSA) is 13.7 Å². The average molecular weight is 198 g/mol. The second-order valence-electron chi connectivity index (χ2n) is 4.90. The van der Waals surface area contributed by atoms with Gasteiger partial charge in [-0.05, 0) is 31.6 Å². The van der Waals surface area contributed by atoms with Crippen molar-refractivity contribution in [2.45, 2.75) is 45.1 Å².